The molecule has 0 heterocycles. The molecule has 0 aliphatic carbocycles. The Kier molecular flexibility index (Phi) is 6.52. The zero-order valence-electron chi connectivity index (χ0n) is 14.5. The van der Waals surface area contributed by atoms with Gasteiger partial charge in [-0.2, -0.15) is 0 Å². The van der Waals surface area contributed by atoms with Crippen LogP contribution >= 0.6 is 15.9 Å². The Morgan fingerprint density at radius 2 is 1.76 bits per heavy atom. The SMILES string of the molecule is CCOc1c(Br)cc(C(=O)Nc2ccc(OC)cc2OC)cc1OC. The summed E-state index contributed by atoms with van der Waals surface area (Å²) in [7, 11) is 4.62. The van der Waals surface area contributed by atoms with Crippen LogP contribution < -0.4 is 24.3 Å². The van der Waals surface area contributed by atoms with Crippen molar-refractivity contribution in [3.8, 4) is 23.0 Å². The third-order valence-corrected chi connectivity index (χ3v) is 4.03. The molecule has 0 radical (unpaired) electrons. The van der Waals surface area contributed by atoms with Gasteiger partial charge in [-0.1, -0.05) is 0 Å². The first-order valence-corrected chi connectivity index (χ1v) is 8.37. The van der Waals surface area contributed by atoms with Gasteiger partial charge in [-0.3, -0.25) is 4.79 Å². The van der Waals surface area contributed by atoms with Crippen molar-refractivity contribution in [3.05, 3.63) is 40.4 Å². The summed E-state index contributed by atoms with van der Waals surface area (Å²) in [5, 5.41) is 2.82. The Hall–Kier alpha value is -2.41. The van der Waals surface area contributed by atoms with Crippen LogP contribution in [0.25, 0.3) is 0 Å². The lowest BCUT2D eigenvalue weighted by Gasteiger charge is -2.14. The fourth-order valence-corrected chi connectivity index (χ4v) is 2.79. The van der Waals surface area contributed by atoms with Crippen molar-refractivity contribution in [3.63, 3.8) is 0 Å². The lowest BCUT2D eigenvalue weighted by Crippen LogP contribution is -2.13. The van der Waals surface area contributed by atoms with Crippen LogP contribution in [-0.4, -0.2) is 33.8 Å². The molecular formula is C18H20BrNO5. The topological polar surface area (TPSA) is 66.0 Å². The molecular weight excluding hydrogens is 390 g/mol. The van der Waals surface area contributed by atoms with Crippen LogP contribution in [0.2, 0.25) is 0 Å². The molecule has 0 unspecified atom stereocenters. The van der Waals surface area contributed by atoms with Crippen LogP contribution in [0.5, 0.6) is 23.0 Å². The molecule has 0 aliphatic heterocycles. The van der Waals surface area contributed by atoms with Crippen molar-refractivity contribution >= 4 is 27.5 Å². The first-order valence-electron chi connectivity index (χ1n) is 7.57. The summed E-state index contributed by atoms with van der Waals surface area (Å²) in [6.07, 6.45) is 0. The van der Waals surface area contributed by atoms with Crippen LogP contribution in [0.1, 0.15) is 17.3 Å². The molecule has 0 fully saturated rings. The average Bonchev–Trinajstić information content (AvgIpc) is 2.63. The second-order valence-electron chi connectivity index (χ2n) is 4.94. The molecule has 0 aliphatic rings. The van der Waals surface area contributed by atoms with Crippen molar-refractivity contribution in [1.29, 1.82) is 0 Å². The van der Waals surface area contributed by atoms with Crippen molar-refractivity contribution in [2.45, 2.75) is 6.92 Å². The number of carbonyl (C=O) groups is 1. The zero-order valence-corrected chi connectivity index (χ0v) is 16.1. The Morgan fingerprint density at radius 3 is 2.36 bits per heavy atom. The van der Waals surface area contributed by atoms with Crippen LogP contribution in [-0.2, 0) is 0 Å². The zero-order chi connectivity index (χ0) is 18.4. The highest BCUT2D eigenvalue weighted by Crippen LogP contribution is 2.37. The van der Waals surface area contributed by atoms with E-state index in [-0.39, 0.29) is 5.91 Å². The molecule has 0 saturated heterocycles. The monoisotopic (exact) mass is 409 g/mol. The van der Waals surface area contributed by atoms with Gasteiger partial charge in [0.15, 0.2) is 11.5 Å². The van der Waals surface area contributed by atoms with Gasteiger partial charge >= 0.3 is 0 Å². The summed E-state index contributed by atoms with van der Waals surface area (Å²) in [6, 6.07) is 8.47. The van der Waals surface area contributed by atoms with Gasteiger partial charge in [0.2, 0.25) is 0 Å². The number of carbonyl (C=O) groups excluding carboxylic acids is 1. The van der Waals surface area contributed by atoms with E-state index in [0.29, 0.717) is 45.3 Å². The van der Waals surface area contributed by atoms with Gasteiger partial charge in [0.25, 0.3) is 5.91 Å². The number of hydrogen-bond donors (Lipinski definition) is 1. The summed E-state index contributed by atoms with van der Waals surface area (Å²) in [5.41, 5.74) is 0.960. The van der Waals surface area contributed by atoms with E-state index >= 15 is 0 Å². The minimum Gasteiger partial charge on any atom is -0.497 e. The number of nitrogens with one attached hydrogen (secondary N) is 1. The Morgan fingerprint density at radius 1 is 1.04 bits per heavy atom. The molecule has 134 valence electrons. The van der Waals surface area contributed by atoms with E-state index in [1.165, 1.54) is 14.2 Å². The lowest BCUT2D eigenvalue weighted by atomic mass is 10.1. The van der Waals surface area contributed by atoms with Gasteiger partial charge < -0.3 is 24.3 Å². The number of amides is 1. The first kappa shape index (κ1) is 18.9. The van der Waals surface area contributed by atoms with Gasteiger partial charge in [-0.05, 0) is 47.1 Å². The Bertz CT molecular complexity index is 763. The van der Waals surface area contributed by atoms with Gasteiger partial charge in [0, 0.05) is 11.6 Å². The second-order valence-corrected chi connectivity index (χ2v) is 5.80. The van der Waals surface area contributed by atoms with Crippen molar-refractivity contribution < 1.29 is 23.7 Å². The summed E-state index contributed by atoms with van der Waals surface area (Å²) in [5.74, 6) is 1.88. The number of rotatable bonds is 7. The molecule has 2 rings (SSSR count). The molecule has 0 bridgehead atoms. The third-order valence-electron chi connectivity index (χ3n) is 3.44. The minimum absolute atomic E-state index is 0.300. The van der Waals surface area contributed by atoms with Crippen LogP contribution in [0, 0.1) is 0 Å². The van der Waals surface area contributed by atoms with E-state index in [1.807, 2.05) is 6.92 Å². The maximum absolute atomic E-state index is 12.6. The first-order chi connectivity index (χ1) is 12.0. The molecule has 0 saturated carbocycles. The van der Waals surface area contributed by atoms with E-state index in [0.717, 1.165) is 0 Å². The standard InChI is InChI=1S/C18H20BrNO5/c1-5-25-17-13(19)8-11(9-16(17)24-4)18(21)20-14-7-6-12(22-2)10-15(14)23-3/h6-10H,5H2,1-4H3,(H,20,21). The van der Waals surface area contributed by atoms with Crippen LogP contribution in [0.15, 0.2) is 34.8 Å². The minimum atomic E-state index is -0.300. The number of ether oxygens (including phenoxy) is 4. The highest BCUT2D eigenvalue weighted by Gasteiger charge is 2.17. The van der Waals surface area contributed by atoms with Crippen LogP contribution in [0.3, 0.4) is 0 Å². The highest BCUT2D eigenvalue weighted by molar-refractivity contribution is 9.10. The number of anilines is 1. The van der Waals surface area contributed by atoms with E-state index in [1.54, 1.807) is 37.4 Å². The number of methoxy groups -OCH3 is 3. The maximum Gasteiger partial charge on any atom is 0.255 e. The van der Waals surface area contributed by atoms with Crippen molar-refractivity contribution in [2.24, 2.45) is 0 Å². The fraction of sp³-hybridized carbons (Fsp3) is 0.278. The molecule has 0 atom stereocenters. The maximum atomic E-state index is 12.6. The molecule has 2 aromatic rings. The summed E-state index contributed by atoms with van der Waals surface area (Å²) < 4.78 is 21.9. The molecule has 1 amide bonds. The van der Waals surface area contributed by atoms with E-state index in [4.69, 9.17) is 18.9 Å². The van der Waals surface area contributed by atoms with Gasteiger partial charge in [0.05, 0.1) is 38.1 Å². The quantitative estimate of drug-likeness (QED) is 0.744. The molecule has 2 aromatic carbocycles. The molecule has 0 aromatic heterocycles. The number of benzene rings is 2. The van der Waals surface area contributed by atoms with E-state index < -0.39 is 0 Å². The molecule has 7 heteroatoms. The molecule has 1 N–H and O–H groups in total. The van der Waals surface area contributed by atoms with E-state index in [2.05, 4.69) is 21.2 Å². The molecule has 6 nitrogen and oxygen atoms in total. The van der Waals surface area contributed by atoms with Crippen molar-refractivity contribution in [1.82, 2.24) is 0 Å². The molecule has 0 spiro atoms. The normalized spacial score (nSPS) is 10.1. The van der Waals surface area contributed by atoms with Gasteiger partial charge in [0.1, 0.15) is 11.5 Å². The summed E-state index contributed by atoms with van der Waals surface area (Å²) >= 11 is 3.41. The lowest BCUT2D eigenvalue weighted by molar-refractivity contribution is 0.102. The smallest absolute Gasteiger partial charge is 0.255 e. The van der Waals surface area contributed by atoms with E-state index in [9.17, 15) is 4.79 Å². The average molecular weight is 410 g/mol. The number of hydrogen-bond acceptors (Lipinski definition) is 5. The fourth-order valence-electron chi connectivity index (χ4n) is 2.23. The third kappa shape index (κ3) is 4.36. The Labute approximate surface area is 155 Å². The summed E-state index contributed by atoms with van der Waals surface area (Å²) in [6.45, 7) is 2.37. The van der Waals surface area contributed by atoms with Crippen LogP contribution in [0.4, 0.5) is 5.69 Å². The highest BCUT2D eigenvalue weighted by atomic mass is 79.9. The number of halogens is 1. The van der Waals surface area contributed by atoms with Gasteiger partial charge in [-0.15, -0.1) is 0 Å². The predicted octanol–water partition coefficient (Wildman–Crippen LogP) is 4.13. The van der Waals surface area contributed by atoms with Gasteiger partial charge in [-0.25, -0.2) is 0 Å². The Balaban J connectivity index is 2.31. The predicted molar refractivity (Wildman–Crippen MR) is 99.4 cm³/mol. The summed E-state index contributed by atoms with van der Waals surface area (Å²) in [4.78, 5) is 12.6. The van der Waals surface area contributed by atoms with Crippen molar-refractivity contribution in [2.75, 3.05) is 33.3 Å². The second kappa shape index (κ2) is 8.62. The molecule has 25 heavy (non-hydrogen) atoms. The largest absolute Gasteiger partial charge is 0.497 e.